The van der Waals surface area contributed by atoms with E-state index in [1.165, 1.54) is 4.52 Å². The van der Waals surface area contributed by atoms with E-state index in [2.05, 4.69) is 15.3 Å². The van der Waals surface area contributed by atoms with Crippen molar-refractivity contribution in [2.75, 3.05) is 0 Å². The second kappa shape index (κ2) is 7.18. The summed E-state index contributed by atoms with van der Waals surface area (Å²) in [4.78, 5) is 4.73. The lowest BCUT2D eigenvalue weighted by Crippen LogP contribution is -2.03. The van der Waals surface area contributed by atoms with Crippen LogP contribution < -0.4 is 4.74 Å². The van der Waals surface area contributed by atoms with Gasteiger partial charge in [-0.15, -0.1) is 10.2 Å². The summed E-state index contributed by atoms with van der Waals surface area (Å²) in [6, 6.07) is 12.8. The fraction of sp³-hybridized carbons (Fsp3) is 0.0526. The molecule has 0 aliphatic heterocycles. The molecule has 0 aliphatic carbocycles. The topological polar surface area (TPSA) is 69.6 Å². The summed E-state index contributed by atoms with van der Waals surface area (Å²) in [6.45, 7) is 0.226. The molecule has 0 atom stereocenters. The maximum Gasteiger partial charge on any atom is 0.339 e. The molecule has 29 heavy (non-hydrogen) atoms. The third-order valence-corrected chi connectivity index (χ3v) is 5.08. The van der Waals surface area contributed by atoms with Crippen molar-refractivity contribution in [1.82, 2.24) is 29.2 Å². The van der Waals surface area contributed by atoms with Crippen molar-refractivity contribution in [2.24, 2.45) is 0 Å². The van der Waals surface area contributed by atoms with E-state index in [9.17, 15) is 0 Å². The Bertz CT molecular complexity index is 1360. The second-order valence-corrected chi connectivity index (χ2v) is 7.44. The fourth-order valence-electron chi connectivity index (χ4n) is 2.99. The average molecular weight is 446 g/mol. The van der Waals surface area contributed by atoms with Gasteiger partial charge >= 0.3 is 6.01 Å². The normalized spacial score (nSPS) is 11.4. The highest BCUT2D eigenvalue weighted by atomic mass is 35.5. The molecule has 0 radical (unpaired) electrons. The van der Waals surface area contributed by atoms with Crippen LogP contribution >= 0.6 is 34.8 Å². The van der Waals surface area contributed by atoms with Crippen molar-refractivity contribution in [1.29, 1.82) is 0 Å². The SMILES string of the molecule is Clc1ccc(-c2cn3cccc(COc4nnc5ccc(Cl)nn45)c3n2)c(Cl)c1. The zero-order valence-corrected chi connectivity index (χ0v) is 16.9. The molecular weight excluding hydrogens is 435 g/mol. The smallest absolute Gasteiger partial charge is 0.339 e. The van der Waals surface area contributed by atoms with Crippen molar-refractivity contribution in [3.8, 4) is 17.3 Å². The molecule has 0 N–H and O–H groups in total. The number of fused-ring (bicyclic) bond motifs is 2. The summed E-state index contributed by atoms with van der Waals surface area (Å²) in [5, 5.41) is 13.6. The highest BCUT2D eigenvalue weighted by Crippen LogP contribution is 2.30. The maximum absolute atomic E-state index is 6.33. The molecular formula is C19H11Cl3N6O. The van der Waals surface area contributed by atoms with Gasteiger partial charge in [0, 0.05) is 28.5 Å². The molecule has 0 saturated carbocycles. The van der Waals surface area contributed by atoms with Gasteiger partial charge in [-0.05, 0) is 36.4 Å². The van der Waals surface area contributed by atoms with Crippen LogP contribution in [0, 0.1) is 0 Å². The average Bonchev–Trinajstić information content (AvgIpc) is 3.30. The molecule has 10 heteroatoms. The van der Waals surface area contributed by atoms with Gasteiger partial charge < -0.3 is 9.14 Å². The number of pyridine rings is 1. The molecule has 4 heterocycles. The Labute approximate surface area is 179 Å². The van der Waals surface area contributed by atoms with Crippen molar-refractivity contribution in [3.63, 3.8) is 0 Å². The van der Waals surface area contributed by atoms with Gasteiger partial charge in [0.05, 0.1) is 10.7 Å². The lowest BCUT2D eigenvalue weighted by atomic mass is 10.2. The van der Waals surface area contributed by atoms with Gasteiger partial charge in [0.1, 0.15) is 17.4 Å². The molecule has 4 aromatic heterocycles. The molecule has 1 aromatic carbocycles. The Morgan fingerprint density at radius 1 is 1.00 bits per heavy atom. The summed E-state index contributed by atoms with van der Waals surface area (Å²) >= 11 is 18.3. The molecule has 0 aliphatic rings. The molecule has 0 amide bonds. The molecule has 0 bridgehead atoms. The van der Waals surface area contributed by atoms with Gasteiger partial charge in [0.2, 0.25) is 0 Å². The molecule has 5 rings (SSSR count). The predicted octanol–water partition coefficient (Wildman–Crippen LogP) is 4.98. The van der Waals surface area contributed by atoms with Crippen LogP contribution in [0.4, 0.5) is 0 Å². The first-order valence-corrected chi connectivity index (χ1v) is 9.65. The second-order valence-electron chi connectivity index (χ2n) is 6.21. The first-order valence-electron chi connectivity index (χ1n) is 8.51. The number of imidazole rings is 1. The number of nitrogens with zero attached hydrogens (tertiary/aromatic N) is 6. The number of halogens is 3. The lowest BCUT2D eigenvalue weighted by molar-refractivity contribution is 0.274. The highest BCUT2D eigenvalue weighted by molar-refractivity contribution is 6.36. The van der Waals surface area contributed by atoms with Crippen LogP contribution in [-0.4, -0.2) is 29.2 Å². The van der Waals surface area contributed by atoms with E-state index in [0.29, 0.717) is 20.8 Å². The zero-order valence-electron chi connectivity index (χ0n) is 14.6. The van der Waals surface area contributed by atoms with Crippen LogP contribution in [0.1, 0.15) is 5.56 Å². The summed E-state index contributed by atoms with van der Waals surface area (Å²) < 4.78 is 9.20. The minimum atomic E-state index is 0.226. The molecule has 0 spiro atoms. The summed E-state index contributed by atoms with van der Waals surface area (Å²) in [5.74, 6) is 0. The number of ether oxygens (including phenoxy) is 1. The third-order valence-electron chi connectivity index (χ3n) is 4.33. The van der Waals surface area contributed by atoms with Crippen LogP contribution in [-0.2, 0) is 6.61 Å². The highest BCUT2D eigenvalue weighted by Gasteiger charge is 2.13. The van der Waals surface area contributed by atoms with Gasteiger partial charge in [-0.25, -0.2) is 4.98 Å². The Morgan fingerprint density at radius 3 is 2.76 bits per heavy atom. The molecule has 0 fully saturated rings. The van der Waals surface area contributed by atoms with E-state index < -0.39 is 0 Å². The van der Waals surface area contributed by atoms with Crippen LogP contribution in [0.2, 0.25) is 15.2 Å². The monoisotopic (exact) mass is 444 g/mol. The molecule has 7 nitrogen and oxygen atoms in total. The summed E-state index contributed by atoms with van der Waals surface area (Å²) in [5.41, 5.74) is 3.69. The standard InChI is InChI=1S/C19H11Cl3N6O/c20-12-3-4-13(14(21)8-12)15-9-27-7-1-2-11(18(27)23-15)10-29-19-25-24-17-6-5-16(22)26-28(17)19/h1-9H,10H2. The van der Waals surface area contributed by atoms with Crippen molar-refractivity contribution in [2.45, 2.75) is 6.61 Å². The van der Waals surface area contributed by atoms with E-state index in [1.54, 1.807) is 24.3 Å². The Balaban J connectivity index is 1.49. The molecule has 5 aromatic rings. The third kappa shape index (κ3) is 3.37. The minimum absolute atomic E-state index is 0.226. The fourth-order valence-corrected chi connectivity index (χ4v) is 3.63. The van der Waals surface area contributed by atoms with E-state index in [1.807, 2.05) is 35.0 Å². The van der Waals surface area contributed by atoms with Crippen molar-refractivity contribution < 1.29 is 4.74 Å². The number of hydrogen-bond acceptors (Lipinski definition) is 5. The first-order chi connectivity index (χ1) is 14.1. The van der Waals surface area contributed by atoms with E-state index in [4.69, 9.17) is 44.5 Å². The van der Waals surface area contributed by atoms with Gasteiger partial charge in [0.25, 0.3) is 0 Å². The van der Waals surface area contributed by atoms with Gasteiger partial charge in [0.15, 0.2) is 5.65 Å². The maximum atomic E-state index is 6.33. The Morgan fingerprint density at radius 2 is 1.90 bits per heavy atom. The van der Waals surface area contributed by atoms with Gasteiger partial charge in [-0.2, -0.15) is 4.52 Å². The first kappa shape index (κ1) is 18.2. The van der Waals surface area contributed by atoms with Crippen LogP contribution in [0.5, 0.6) is 6.01 Å². The van der Waals surface area contributed by atoms with Crippen LogP contribution in [0.15, 0.2) is 54.9 Å². The molecule has 0 saturated heterocycles. The quantitative estimate of drug-likeness (QED) is 0.390. The van der Waals surface area contributed by atoms with E-state index >= 15 is 0 Å². The van der Waals surface area contributed by atoms with Crippen molar-refractivity contribution in [3.05, 3.63) is 75.6 Å². The number of aromatic nitrogens is 6. The molecule has 0 unspecified atom stereocenters. The predicted molar refractivity (Wildman–Crippen MR) is 111 cm³/mol. The van der Waals surface area contributed by atoms with Crippen LogP contribution in [0.25, 0.3) is 22.6 Å². The summed E-state index contributed by atoms with van der Waals surface area (Å²) in [7, 11) is 0. The van der Waals surface area contributed by atoms with Gasteiger partial charge in [-0.3, -0.25) is 0 Å². The van der Waals surface area contributed by atoms with E-state index in [-0.39, 0.29) is 12.6 Å². The van der Waals surface area contributed by atoms with Gasteiger partial charge in [-0.1, -0.05) is 46.0 Å². The lowest BCUT2D eigenvalue weighted by Gasteiger charge is -2.05. The van der Waals surface area contributed by atoms with Crippen LogP contribution in [0.3, 0.4) is 0 Å². The number of hydrogen-bond donors (Lipinski definition) is 0. The number of benzene rings is 1. The zero-order chi connectivity index (χ0) is 20.0. The van der Waals surface area contributed by atoms with E-state index in [0.717, 1.165) is 22.5 Å². The Hall–Kier alpha value is -2.87. The number of rotatable bonds is 4. The molecule has 144 valence electrons. The largest absolute Gasteiger partial charge is 0.457 e. The van der Waals surface area contributed by atoms with Crippen molar-refractivity contribution >= 4 is 46.1 Å². The minimum Gasteiger partial charge on any atom is -0.457 e. The summed E-state index contributed by atoms with van der Waals surface area (Å²) in [6.07, 6.45) is 3.81. The Kier molecular flexibility index (Phi) is 4.50.